The van der Waals surface area contributed by atoms with Crippen LogP contribution in [0.5, 0.6) is 0 Å². The Labute approximate surface area is 181 Å². The molecule has 162 valence electrons. The number of para-hydroxylation sites is 1. The number of aromatic nitrogens is 1. The molecular weight excluding hydrogens is 394 g/mol. The number of furan rings is 1. The van der Waals surface area contributed by atoms with Crippen molar-refractivity contribution in [3.05, 3.63) is 53.8 Å². The van der Waals surface area contributed by atoms with E-state index in [2.05, 4.69) is 4.98 Å². The Bertz CT molecular complexity index is 1120. The van der Waals surface area contributed by atoms with Crippen LogP contribution in [0.25, 0.3) is 22.4 Å². The van der Waals surface area contributed by atoms with Crippen LogP contribution in [0.1, 0.15) is 36.9 Å². The summed E-state index contributed by atoms with van der Waals surface area (Å²) in [4.78, 5) is 33.9. The molecule has 0 aliphatic carbocycles. The predicted octanol–water partition coefficient (Wildman–Crippen LogP) is 4.50. The van der Waals surface area contributed by atoms with Crippen LogP contribution >= 0.6 is 0 Å². The number of pyridine rings is 1. The summed E-state index contributed by atoms with van der Waals surface area (Å²) >= 11 is 0. The lowest BCUT2D eigenvalue weighted by molar-refractivity contribution is 0.0141. The third-order valence-electron chi connectivity index (χ3n) is 5.16. The maximum absolute atomic E-state index is 13.4. The smallest absolute Gasteiger partial charge is 0.410 e. The fourth-order valence-corrected chi connectivity index (χ4v) is 3.64. The van der Waals surface area contributed by atoms with E-state index in [1.165, 1.54) is 0 Å². The second-order valence-electron chi connectivity index (χ2n) is 8.74. The summed E-state index contributed by atoms with van der Waals surface area (Å²) in [7, 11) is 0. The fraction of sp³-hybridized carbons (Fsp3) is 0.375. The Morgan fingerprint density at radius 2 is 1.68 bits per heavy atom. The number of piperazine rings is 1. The first kappa shape index (κ1) is 20.9. The molecule has 1 saturated heterocycles. The lowest BCUT2D eigenvalue weighted by Gasteiger charge is -2.35. The number of nitrogens with zero attached hydrogens (tertiary/aromatic N) is 3. The van der Waals surface area contributed by atoms with E-state index >= 15 is 0 Å². The monoisotopic (exact) mass is 421 g/mol. The molecule has 3 heterocycles. The van der Waals surface area contributed by atoms with Gasteiger partial charge < -0.3 is 19.0 Å². The van der Waals surface area contributed by atoms with Crippen molar-refractivity contribution >= 4 is 22.9 Å². The van der Waals surface area contributed by atoms with Crippen LogP contribution in [0, 0.1) is 6.92 Å². The van der Waals surface area contributed by atoms with Gasteiger partial charge in [0.25, 0.3) is 5.91 Å². The molecule has 7 nitrogen and oxygen atoms in total. The van der Waals surface area contributed by atoms with Gasteiger partial charge in [0.15, 0.2) is 5.76 Å². The van der Waals surface area contributed by atoms with Crippen LogP contribution in [-0.4, -0.2) is 58.6 Å². The zero-order valence-electron chi connectivity index (χ0n) is 18.3. The van der Waals surface area contributed by atoms with Gasteiger partial charge in [-0.1, -0.05) is 18.2 Å². The molecule has 2 aromatic heterocycles. The molecule has 1 aliphatic heterocycles. The SMILES string of the molecule is Cc1ccc(-c2cc(C(=O)N3CCN(C(=O)OC(C)(C)C)CC3)c3ccccc3n2)o1. The zero-order chi connectivity index (χ0) is 22.2. The van der Waals surface area contributed by atoms with Crippen molar-refractivity contribution in [1.82, 2.24) is 14.8 Å². The second kappa shape index (κ2) is 8.06. The Morgan fingerprint density at radius 1 is 1.00 bits per heavy atom. The molecule has 1 aromatic carbocycles. The highest BCUT2D eigenvalue weighted by atomic mass is 16.6. The summed E-state index contributed by atoms with van der Waals surface area (Å²) in [6.45, 7) is 9.18. The van der Waals surface area contributed by atoms with E-state index in [1.54, 1.807) is 15.9 Å². The van der Waals surface area contributed by atoms with E-state index in [4.69, 9.17) is 9.15 Å². The molecular formula is C24H27N3O4. The van der Waals surface area contributed by atoms with Gasteiger partial charge >= 0.3 is 6.09 Å². The molecule has 31 heavy (non-hydrogen) atoms. The summed E-state index contributed by atoms with van der Waals surface area (Å²) < 4.78 is 11.2. The fourth-order valence-electron chi connectivity index (χ4n) is 3.64. The number of fused-ring (bicyclic) bond motifs is 1. The predicted molar refractivity (Wildman–Crippen MR) is 118 cm³/mol. The van der Waals surface area contributed by atoms with Gasteiger partial charge in [-0.2, -0.15) is 0 Å². The topological polar surface area (TPSA) is 75.9 Å². The Kier molecular flexibility index (Phi) is 5.43. The molecule has 0 bridgehead atoms. The van der Waals surface area contributed by atoms with Crippen LogP contribution in [0.2, 0.25) is 0 Å². The highest BCUT2D eigenvalue weighted by Gasteiger charge is 2.29. The summed E-state index contributed by atoms with van der Waals surface area (Å²) in [6, 6.07) is 13.1. The van der Waals surface area contributed by atoms with E-state index < -0.39 is 5.60 Å². The lowest BCUT2D eigenvalue weighted by Crippen LogP contribution is -2.51. The second-order valence-corrected chi connectivity index (χ2v) is 8.74. The first-order valence-corrected chi connectivity index (χ1v) is 10.4. The largest absolute Gasteiger partial charge is 0.460 e. The van der Waals surface area contributed by atoms with Gasteiger partial charge in [0.05, 0.1) is 11.1 Å². The highest BCUT2D eigenvalue weighted by molar-refractivity contribution is 6.07. The normalized spacial score (nSPS) is 14.7. The maximum atomic E-state index is 13.4. The summed E-state index contributed by atoms with van der Waals surface area (Å²) in [5.41, 5.74) is 1.41. The number of carbonyl (C=O) groups excluding carboxylic acids is 2. The number of aryl methyl sites for hydroxylation is 1. The first-order chi connectivity index (χ1) is 14.7. The molecule has 0 spiro atoms. The number of amides is 2. The van der Waals surface area contributed by atoms with Crippen LogP contribution in [-0.2, 0) is 4.74 Å². The van der Waals surface area contributed by atoms with Gasteiger partial charge in [0.1, 0.15) is 17.1 Å². The van der Waals surface area contributed by atoms with Crippen molar-refractivity contribution in [2.75, 3.05) is 26.2 Å². The van der Waals surface area contributed by atoms with Gasteiger partial charge in [0.2, 0.25) is 0 Å². The van der Waals surface area contributed by atoms with Gasteiger partial charge in [-0.3, -0.25) is 4.79 Å². The number of hydrogen-bond acceptors (Lipinski definition) is 5. The third kappa shape index (κ3) is 4.55. The van der Waals surface area contributed by atoms with E-state index in [9.17, 15) is 9.59 Å². The van der Waals surface area contributed by atoms with E-state index in [0.717, 1.165) is 16.7 Å². The standard InChI is InChI=1S/C24H27N3O4/c1-16-9-10-21(30-16)20-15-18(17-7-5-6-8-19(17)25-20)22(28)26-11-13-27(14-12-26)23(29)31-24(2,3)4/h5-10,15H,11-14H2,1-4H3. The number of rotatable bonds is 2. The third-order valence-corrected chi connectivity index (χ3v) is 5.16. The van der Waals surface area contributed by atoms with Crippen molar-refractivity contribution in [3.8, 4) is 11.5 Å². The molecule has 0 N–H and O–H groups in total. The molecule has 2 amide bonds. The van der Waals surface area contributed by atoms with Crippen LogP contribution < -0.4 is 0 Å². The molecule has 0 unspecified atom stereocenters. The summed E-state index contributed by atoms with van der Waals surface area (Å²) in [5, 5.41) is 0.800. The molecule has 3 aromatic rings. The molecule has 7 heteroatoms. The molecule has 0 atom stereocenters. The maximum Gasteiger partial charge on any atom is 0.410 e. The van der Waals surface area contributed by atoms with Crippen molar-refractivity contribution in [3.63, 3.8) is 0 Å². The van der Waals surface area contributed by atoms with Crippen molar-refractivity contribution < 1.29 is 18.7 Å². The van der Waals surface area contributed by atoms with Crippen molar-refractivity contribution in [2.45, 2.75) is 33.3 Å². The van der Waals surface area contributed by atoms with Crippen LogP contribution in [0.15, 0.2) is 46.9 Å². The minimum atomic E-state index is -0.541. The minimum Gasteiger partial charge on any atom is -0.460 e. The summed E-state index contributed by atoms with van der Waals surface area (Å²) in [6.07, 6.45) is -0.343. The van der Waals surface area contributed by atoms with Gasteiger partial charge in [-0.25, -0.2) is 9.78 Å². The van der Waals surface area contributed by atoms with E-state index in [1.807, 2.05) is 64.1 Å². The summed E-state index contributed by atoms with van der Waals surface area (Å²) in [5.74, 6) is 1.34. The quantitative estimate of drug-likeness (QED) is 0.609. The van der Waals surface area contributed by atoms with Crippen LogP contribution in [0.3, 0.4) is 0 Å². The Balaban J connectivity index is 1.57. The molecule has 1 aliphatic rings. The van der Waals surface area contributed by atoms with Gasteiger partial charge in [0, 0.05) is 31.6 Å². The Morgan fingerprint density at radius 3 is 2.32 bits per heavy atom. The molecule has 1 fully saturated rings. The van der Waals surface area contributed by atoms with E-state index in [-0.39, 0.29) is 12.0 Å². The molecule has 4 rings (SSSR count). The van der Waals surface area contributed by atoms with Gasteiger partial charge in [-0.05, 0) is 52.0 Å². The average Bonchev–Trinajstić information content (AvgIpc) is 3.17. The van der Waals surface area contributed by atoms with Crippen molar-refractivity contribution in [1.29, 1.82) is 0 Å². The van der Waals surface area contributed by atoms with E-state index in [0.29, 0.717) is 43.2 Å². The average molecular weight is 421 g/mol. The number of hydrogen-bond donors (Lipinski definition) is 0. The molecule has 0 radical (unpaired) electrons. The Hall–Kier alpha value is -3.35. The number of benzene rings is 1. The lowest BCUT2D eigenvalue weighted by atomic mass is 10.0. The van der Waals surface area contributed by atoms with Crippen LogP contribution in [0.4, 0.5) is 4.79 Å². The zero-order valence-corrected chi connectivity index (χ0v) is 18.3. The van der Waals surface area contributed by atoms with Crippen molar-refractivity contribution in [2.24, 2.45) is 0 Å². The highest BCUT2D eigenvalue weighted by Crippen LogP contribution is 2.27. The van der Waals surface area contributed by atoms with Gasteiger partial charge in [-0.15, -0.1) is 0 Å². The first-order valence-electron chi connectivity index (χ1n) is 10.4. The molecule has 0 saturated carbocycles. The number of carbonyl (C=O) groups is 2. The minimum absolute atomic E-state index is 0.0769. The number of ether oxygens (including phenoxy) is 1.